The van der Waals surface area contributed by atoms with Crippen LogP contribution < -0.4 is 0 Å². The number of aliphatic hydroxyl groups is 1. The molecule has 68 valence electrons. The van der Waals surface area contributed by atoms with Crippen molar-refractivity contribution < 1.29 is 9.50 Å². The zero-order chi connectivity index (χ0) is 8.69. The Hall–Kier alpha value is -0.110. The number of unbranched alkanes of at least 4 members (excludes halogenated alkanes) is 1. The Morgan fingerprint density at radius 1 is 1.27 bits per heavy atom. The summed E-state index contributed by atoms with van der Waals surface area (Å²) in [5.74, 6) is 0.876. The van der Waals surface area contributed by atoms with Crippen LogP contribution in [0, 0.1) is 11.8 Å². The molecule has 1 N–H and O–H groups in total. The van der Waals surface area contributed by atoms with Gasteiger partial charge in [0.15, 0.2) is 0 Å². The summed E-state index contributed by atoms with van der Waals surface area (Å²) >= 11 is 0. The molecule has 0 aliphatic heterocycles. The van der Waals surface area contributed by atoms with E-state index in [0.717, 1.165) is 12.8 Å². The molecule has 0 aromatic heterocycles. The Bertz CT molecular complexity index is 83.6. The van der Waals surface area contributed by atoms with Crippen LogP contribution in [-0.4, -0.2) is 18.4 Å². The molecule has 0 fully saturated rings. The lowest BCUT2D eigenvalue weighted by molar-refractivity contribution is 0.177. The van der Waals surface area contributed by atoms with Gasteiger partial charge >= 0.3 is 0 Å². The third kappa shape index (κ3) is 5.19. The number of hydrogen-bond donors (Lipinski definition) is 1. The van der Waals surface area contributed by atoms with Gasteiger partial charge in [0.1, 0.15) is 0 Å². The topological polar surface area (TPSA) is 20.2 Å². The monoisotopic (exact) mass is 162 g/mol. The number of hydrogen-bond acceptors (Lipinski definition) is 1. The van der Waals surface area contributed by atoms with E-state index in [2.05, 4.69) is 13.8 Å². The Labute approximate surface area is 68.6 Å². The van der Waals surface area contributed by atoms with Crippen LogP contribution in [0.3, 0.4) is 0 Å². The molecule has 1 atom stereocenters. The minimum absolute atomic E-state index is 0.226. The highest BCUT2D eigenvalue weighted by atomic mass is 19.1. The van der Waals surface area contributed by atoms with Crippen molar-refractivity contribution >= 4 is 0 Å². The number of aliphatic hydroxyl groups excluding tert-OH is 1. The molecule has 11 heavy (non-hydrogen) atoms. The van der Waals surface area contributed by atoms with Crippen molar-refractivity contribution in [2.75, 3.05) is 13.3 Å². The number of alkyl halides is 1. The summed E-state index contributed by atoms with van der Waals surface area (Å²) in [4.78, 5) is 0. The third-order valence-corrected chi connectivity index (χ3v) is 2.14. The van der Waals surface area contributed by atoms with E-state index in [1.54, 1.807) is 0 Å². The first-order valence-corrected chi connectivity index (χ1v) is 4.39. The predicted molar refractivity (Wildman–Crippen MR) is 45.2 cm³/mol. The lowest BCUT2D eigenvalue weighted by Gasteiger charge is -2.17. The molecule has 0 saturated heterocycles. The van der Waals surface area contributed by atoms with Gasteiger partial charge in [-0.05, 0) is 24.7 Å². The Morgan fingerprint density at radius 2 is 1.91 bits per heavy atom. The van der Waals surface area contributed by atoms with Gasteiger partial charge < -0.3 is 5.11 Å². The fourth-order valence-electron chi connectivity index (χ4n) is 1.14. The Morgan fingerprint density at radius 3 is 2.27 bits per heavy atom. The van der Waals surface area contributed by atoms with Gasteiger partial charge in [0.25, 0.3) is 0 Å². The molecule has 2 heteroatoms. The second-order valence-corrected chi connectivity index (χ2v) is 3.37. The van der Waals surface area contributed by atoms with Gasteiger partial charge in [-0.15, -0.1) is 0 Å². The van der Waals surface area contributed by atoms with Gasteiger partial charge in [-0.1, -0.05) is 20.3 Å². The molecule has 1 nitrogen and oxygen atoms in total. The lowest BCUT2D eigenvalue weighted by atomic mass is 9.91. The fraction of sp³-hybridized carbons (Fsp3) is 1.00. The van der Waals surface area contributed by atoms with E-state index in [-0.39, 0.29) is 13.3 Å². The quantitative estimate of drug-likeness (QED) is 0.594. The smallest absolute Gasteiger partial charge is 0.0894 e. The van der Waals surface area contributed by atoms with E-state index in [1.807, 2.05) is 0 Å². The third-order valence-electron chi connectivity index (χ3n) is 2.14. The zero-order valence-electron chi connectivity index (χ0n) is 7.52. The van der Waals surface area contributed by atoms with E-state index in [9.17, 15) is 4.39 Å². The predicted octanol–water partition coefficient (Wildman–Crippen LogP) is 2.39. The molecule has 0 heterocycles. The first-order valence-electron chi connectivity index (χ1n) is 4.39. The van der Waals surface area contributed by atoms with Gasteiger partial charge in [0, 0.05) is 6.61 Å². The van der Waals surface area contributed by atoms with Gasteiger partial charge in [-0.2, -0.15) is 0 Å². The molecule has 0 aromatic rings. The Kier molecular flexibility index (Phi) is 6.52. The molecule has 0 saturated carbocycles. The Balaban J connectivity index is 3.36. The van der Waals surface area contributed by atoms with E-state index < -0.39 is 0 Å². The van der Waals surface area contributed by atoms with E-state index >= 15 is 0 Å². The molecule has 0 aliphatic rings. The number of halogens is 1. The minimum Gasteiger partial charge on any atom is -0.396 e. The highest BCUT2D eigenvalue weighted by Gasteiger charge is 2.10. The second-order valence-electron chi connectivity index (χ2n) is 3.37. The minimum atomic E-state index is -0.226. The molecular weight excluding hydrogens is 143 g/mol. The van der Waals surface area contributed by atoms with E-state index in [0.29, 0.717) is 18.3 Å². The number of rotatable bonds is 6. The summed E-state index contributed by atoms with van der Waals surface area (Å²) in [5, 5.41) is 8.90. The van der Waals surface area contributed by atoms with Crippen LogP contribution in [-0.2, 0) is 0 Å². The zero-order valence-corrected chi connectivity index (χ0v) is 7.52. The average molecular weight is 162 g/mol. The molecule has 0 spiro atoms. The average Bonchev–Trinajstić information content (AvgIpc) is 1.97. The summed E-state index contributed by atoms with van der Waals surface area (Å²) in [6, 6.07) is 0. The van der Waals surface area contributed by atoms with E-state index in [4.69, 9.17) is 5.11 Å². The molecule has 0 rings (SSSR count). The maximum Gasteiger partial charge on any atom is 0.0894 e. The van der Waals surface area contributed by atoms with Crippen LogP contribution in [0.25, 0.3) is 0 Å². The van der Waals surface area contributed by atoms with Crippen LogP contribution in [0.5, 0.6) is 0 Å². The molecular formula is C9H19FO. The van der Waals surface area contributed by atoms with Crippen LogP contribution in [0.1, 0.15) is 33.1 Å². The SMILES string of the molecule is CC(C)[C@H](CO)CCCCF. The largest absolute Gasteiger partial charge is 0.396 e. The standard InChI is InChI=1S/C9H19FO/c1-8(2)9(7-11)5-3-4-6-10/h8-9,11H,3-7H2,1-2H3/t9-/m0/s1. The van der Waals surface area contributed by atoms with Crippen molar-refractivity contribution in [2.45, 2.75) is 33.1 Å². The molecule has 0 aromatic carbocycles. The van der Waals surface area contributed by atoms with Gasteiger partial charge in [-0.25, -0.2) is 0 Å². The second kappa shape index (κ2) is 6.59. The maximum absolute atomic E-state index is 11.7. The van der Waals surface area contributed by atoms with Crippen LogP contribution in [0.2, 0.25) is 0 Å². The summed E-state index contributed by atoms with van der Waals surface area (Å²) in [6.45, 7) is 4.20. The fourth-order valence-corrected chi connectivity index (χ4v) is 1.14. The van der Waals surface area contributed by atoms with Crippen molar-refractivity contribution in [3.8, 4) is 0 Å². The van der Waals surface area contributed by atoms with E-state index in [1.165, 1.54) is 0 Å². The van der Waals surface area contributed by atoms with Gasteiger partial charge in [-0.3, -0.25) is 4.39 Å². The molecule has 0 radical (unpaired) electrons. The highest BCUT2D eigenvalue weighted by Crippen LogP contribution is 2.17. The first-order chi connectivity index (χ1) is 5.22. The molecule has 0 bridgehead atoms. The molecule has 0 unspecified atom stereocenters. The lowest BCUT2D eigenvalue weighted by Crippen LogP contribution is -2.13. The van der Waals surface area contributed by atoms with Crippen molar-refractivity contribution in [1.82, 2.24) is 0 Å². The van der Waals surface area contributed by atoms with Crippen LogP contribution in [0.15, 0.2) is 0 Å². The van der Waals surface area contributed by atoms with Crippen LogP contribution in [0.4, 0.5) is 4.39 Å². The summed E-state index contributed by atoms with van der Waals surface area (Å²) < 4.78 is 11.7. The van der Waals surface area contributed by atoms with Crippen LogP contribution >= 0.6 is 0 Å². The normalized spacial score (nSPS) is 13.9. The first kappa shape index (κ1) is 10.9. The van der Waals surface area contributed by atoms with Crippen molar-refractivity contribution in [2.24, 2.45) is 11.8 Å². The highest BCUT2D eigenvalue weighted by molar-refractivity contribution is 4.61. The molecule has 0 aliphatic carbocycles. The molecule has 0 amide bonds. The summed E-state index contributed by atoms with van der Waals surface area (Å²) in [6.07, 6.45) is 2.50. The van der Waals surface area contributed by atoms with Gasteiger partial charge in [0.05, 0.1) is 6.67 Å². The van der Waals surface area contributed by atoms with Gasteiger partial charge in [0.2, 0.25) is 0 Å². The maximum atomic E-state index is 11.7. The summed E-state index contributed by atoms with van der Waals surface area (Å²) in [7, 11) is 0. The summed E-state index contributed by atoms with van der Waals surface area (Å²) in [5.41, 5.74) is 0. The van der Waals surface area contributed by atoms with Crippen molar-refractivity contribution in [3.63, 3.8) is 0 Å². The van der Waals surface area contributed by atoms with Crippen molar-refractivity contribution in [3.05, 3.63) is 0 Å². The van der Waals surface area contributed by atoms with Crippen molar-refractivity contribution in [1.29, 1.82) is 0 Å².